The van der Waals surface area contributed by atoms with Gasteiger partial charge in [-0.3, -0.25) is 0 Å². The molecule has 2 N–H and O–H groups in total. The van der Waals surface area contributed by atoms with Crippen molar-refractivity contribution in [2.45, 2.75) is 70.1 Å². The van der Waals surface area contributed by atoms with E-state index < -0.39 is 0 Å². The van der Waals surface area contributed by atoms with Crippen molar-refractivity contribution in [3.05, 3.63) is 11.7 Å². The molecule has 4 heteroatoms. The molecular formula is C17H27N3O. The molecule has 0 saturated heterocycles. The van der Waals surface area contributed by atoms with Gasteiger partial charge in [-0.15, -0.1) is 0 Å². The molecule has 0 spiro atoms. The molecule has 3 aliphatic carbocycles. The lowest BCUT2D eigenvalue weighted by molar-refractivity contribution is 0.177. The van der Waals surface area contributed by atoms with Crippen molar-refractivity contribution in [1.29, 1.82) is 0 Å². The van der Waals surface area contributed by atoms with E-state index in [4.69, 9.17) is 15.2 Å². The van der Waals surface area contributed by atoms with E-state index in [1.54, 1.807) is 0 Å². The molecule has 0 aromatic carbocycles. The fraction of sp³-hybridized carbons (Fsp3) is 0.882. The van der Waals surface area contributed by atoms with Crippen molar-refractivity contribution in [2.24, 2.45) is 23.0 Å². The van der Waals surface area contributed by atoms with Crippen LogP contribution in [0.5, 0.6) is 0 Å². The Morgan fingerprint density at radius 1 is 1.14 bits per heavy atom. The molecule has 3 atom stereocenters. The van der Waals surface area contributed by atoms with Gasteiger partial charge >= 0.3 is 0 Å². The van der Waals surface area contributed by atoms with Crippen LogP contribution in [0, 0.1) is 17.3 Å². The maximum Gasteiger partial charge on any atom is 0.227 e. The van der Waals surface area contributed by atoms with Crippen molar-refractivity contribution in [1.82, 2.24) is 10.1 Å². The Morgan fingerprint density at radius 3 is 2.67 bits per heavy atom. The second-order valence-corrected chi connectivity index (χ2v) is 7.77. The van der Waals surface area contributed by atoms with Crippen LogP contribution in [-0.2, 0) is 6.42 Å². The Morgan fingerprint density at radius 2 is 2.00 bits per heavy atom. The summed E-state index contributed by atoms with van der Waals surface area (Å²) in [6, 6.07) is 0. The van der Waals surface area contributed by atoms with E-state index >= 15 is 0 Å². The van der Waals surface area contributed by atoms with Gasteiger partial charge < -0.3 is 10.3 Å². The number of rotatable bonds is 4. The lowest BCUT2D eigenvalue weighted by Gasteiger charge is -2.34. The van der Waals surface area contributed by atoms with Gasteiger partial charge in [-0.05, 0) is 55.9 Å². The van der Waals surface area contributed by atoms with Crippen LogP contribution in [0.1, 0.15) is 75.4 Å². The predicted molar refractivity (Wildman–Crippen MR) is 80.8 cm³/mol. The van der Waals surface area contributed by atoms with Crippen molar-refractivity contribution in [3.8, 4) is 0 Å². The molecule has 116 valence electrons. The summed E-state index contributed by atoms with van der Waals surface area (Å²) in [6.07, 6.45) is 12.7. The van der Waals surface area contributed by atoms with Gasteiger partial charge in [0, 0.05) is 12.3 Å². The number of nitrogens with two attached hydrogens (primary N) is 1. The maximum absolute atomic E-state index is 6.07. The highest BCUT2D eigenvalue weighted by molar-refractivity contribution is 5.07. The fourth-order valence-corrected chi connectivity index (χ4v) is 5.13. The van der Waals surface area contributed by atoms with Crippen LogP contribution >= 0.6 is 0 Å². The van der Waals surface area contributed by atoms with E-state index in [2.05, 4.69) is 5.16 Å². The van der Waals surface area contributed by atoms with E-state index in [-0.39, 0.29) is 5.41 Å². The zero-order valence-corrected chi connectivity index (χ0v) is 12.9. The first-order valence-electron chi connectivity index (χ1n) is 8.81. The van der Waals surface area contributed by atoms with Crippen molar-refractivity contribution < 1.29 is 4.52 Å². The number of nitrogens with zero attached hydrogens (tertiary/aromatic N) is 2. The minimum atomic E-state index is 0.219. The van der Waals surface area contributed by atoms with Crippen molar-refractivity contribution >= 4 is 0 Å². The van der Waals surface area contributed by atoms with Gasteiger partial charge in [-0.2, -0.15) is 4.98 Å². The zero-order valence-electron chi connectivity index (χ0n) is 12.9. The Bertz CT molecular complexity index is 492. The molecule has 3 fully saturated rings. The molecule has 0 aliphatic heterocycles. The highest BCUT2D eigenvalue weighted by Gasteiger charge is 2.42. The maximum atomic E-state index is 6.07. The Kier molecular flexibility index (Phi) is 3.52. The molecule has 2 bridgehead atoms. The lowest BCUT2D eigenvalue weighted by atomic mass is 9.72. The molecule has 21 heavy (non-hydrogen) atoms. The standard InChI is InChI=1S/C17H27N3O/c18-11-17(6-2-1-3-7-17)10-15-19-16(20-21-15)14-9-12-4-5-13(14)8-12/h12-14H,1-11,18H2. The Labute approximate surface area is 126 Å². The smallest absolute Gasteiger partial charge is 0.227 e. The zero-order chi connectivity index (χ0) is 14.3. The van der Waals surface area contributed by atoms with E-state index in [0.717, 1.165) is 36.5 Å². The summed E-state index contributed by atoms with van der Waals surface area (Å²) in [5.41, 5.74) is 6.29. The van der Waals surface area contributed by atoms with Gasteiger partial charge in [0.15, 0.2) is 5.82 Å². The molecule has 3 saturated carbocycles. The molecule has 3 unspecified atom stereocenters. The third-order valence-corrected chi connectivity index (χ3v) is 6.43. The molecule has 1 aromatic heterocycles. The highest BCUT2D eigenvalue weighted by atomic mass is 16.5. The van der Waals surface area contributed by atoms with Crippen molar-refractivity contribution in [2.75, 3.05) is 6.54 Å². The molecule has 0 radical (unpaired) electrons. The summed E-state index contributed by atoms with van der Waals surface area (Å²) in [6.45, 7) is 0.749. The number of fused-ring (bicyclic) bond motifs is 2. The first-order valence-corrected chi connectivity index (χ1v) is 8.81. The van der Waals surface area contributed by atoms with E-state index in [1.165, 1.54) is 57.8 Å². The Balaban J connectivity index is 1.47. The van der Waals surface area contributed by atoms with Crippen molar-refractivity contribution in [3.63, 3.8) is 0 Å². The summed E-state index contributed by atoms with van der Waals surface area (Å²) < 4.78 is 5.60. The van der Waals surface area contributed by atoms with E-state index in [1.807, 2.05) is 0 Å². The molecule has 3 aliphatic rings. The first-order chi connectivity index (χ1) is 10.3. The number of hydrogen-bond acceptors (Lipinski definition) is 4. The SMILES string of the molecule is NCC1(Cc2nc(C3CC4CCC3C4)no2)CCCCC1. The van der Waals surface area contributed by atoms with Crippen LogP contribution in [0.25, 0.3) is 0 Å². The predicted octanol–water partition coefficient (Wildman–Crippen LogP) is 3.42. The molecule has 0 amide bonds. The summed E-state index contributed by atoms with van der Waals surface area (Å²) in [5, 5.41) is 4.32. The van der Waals surface area contributed by atoms with Gasteiger partial charge in [0.25, 0.3) is 0 Å². The molecule has 1 heterocycles. The van der Waals surface area contributed by atoms with Crippen LogP contribution < -0.4 is 5.73 Å². The van der Waals surface area contributed by atoms with Gasteiger partial charge in [0.2, 0.25) is 5.89 Å². The van der Waals surface area contributed by atoms with Crippen LogP contribution in [0.4, 0.5) is 0 Å². The largest absolute Gasteiger partial charge is 0.339 e. The summed E-state index contributed by atoms with van der Waals surface area (Å²) in [7, 11) is 0. The minimum absolute atomic E-state index is 0.219. The van der Waals surface area contributed by atoms with E-state index in [0.29, 0.717) is 5.92 Å². The topological polar surface area (TPSA) is 64.9 Å². The molecule has 4 nitrogen and oxygen atoms in total. The van der Waals surface area contributed by atoms with Gasteiger partial charge in [0.05, 0.1) is 0 Å². The van der Waals surface area contributed by atoms with Crippen LogP contribution in [0.15, 0.2) is 4.52 Å². The fourth-order valence-electron chi connectivity index (χ4n) is 5.13. The summed E-state index contributed by atoms with van der Waals surface area (Å²) >= 11 is 0. The number of hydrogen-bond donors (Lipinski definition) is 1. The quantitative estimate of drug-likeness (QED) is 0.922. The minimum Gasteiger partial charge on any atom is -0.339 e. The first kappa shape index (κ1) is 13.7. The lowest BCUT2D eigenvalue weighted by Crippen LogP contribution is -2.35. The average Bonchev–Trinajstić information content (AvgIpc) is 3.24. The van der Waals surface area contributed by atoms with Crippen LogP contribution in [0.3, 0.4) is 0 Å². The van der Waals surface area contributed by atoms with Gasteiger partial charge in [-0.25, -0.2) is 0 Å². The highest BCUT2D eigenvalue weighted by Crippen LogP contribution is 2.52. The van der Waals surface area contributed by atoms with Crippen LogP contribution in [0.2, 0.25) is 0 Å². The molecule has 1 aromatic rings. The third-order valence-electron chi connectivity index (χ3n) is 6.43. The van der Waals surface area contributed by atoms with Crippen LogP contribution in [-0.4, -0.2) is 16.7 Å². The second kappa shape index (κ2) is 5.38. The summed E-state index contributed by atoms with van der Waals surface area (Å²) in [4.78, 5) is 4.76. The molecular weight excluding hydrogens is 262 g/mol. The van der Waals surface area contributed by atoms with Gasteiger partial charge in [-0.1, -0.05) is 30.8 Å². The monoisotopic (exact) mass is 289 g/mol. The third kappa shape index (κ3) is 2.52. The second-order valence-electron chi connectivity index (χ2n) is 7.77. The number of aromatic nitrogens is 2. The molecule has 4 rings (SSSR count). The Hall–Kier alpha value is -0.900. The van der Waals surface area contributed by atoms with Gasteiger partial charge in [0.1, 0.15) is 0 Å². The summed E-state index contributed by atoms with van der Waals surface area (Å²) in [5.74, 6) is 4.14. The normalized spacial score (nSPS) is 34.4. The van der Waals surface area contributed by atoms with E-state index in [9.17, 15) is 0 Å². The average molecular weight is 289 g/mol.